The van der Waals surface area contributed by atoms with E-state index in [-0.39, 0.29) is 6.61 Å². The minimum atomic E-state index is -0.899. The Labute approximate surface area is 110 Å². The van der Waals surface area contributed by atoms with Gasteiger partial charge in [-0.3, -0.25) is 0 Å². The molecule has 0 saturated carbocycles. The fourth-order valence-corrected chi connectivity index (χ4v) is 2.50. The fourth-order valence-electron chi connectivity index (χ4n) is 1.75. The van der Waals surface area contributed by atoms with Crippen molar-refractivity contribution in [2.45, 2.75) is 20.5 Å². The van der Waals surface area contributed by atoms with Crippen molar-refractivity contribution in [3.8, 4) is 5.75 Å². The molecule has 0 aliphatic rings. The van der Waals surface area contributed by atoms with Crippen molar-refractivity contribution >= 4 is 17.3 Å². The van der Waals surface area contributed by atoms with Gasteiger partial charge in [-0.1, -0.05) is 17.7 Å². The normalized spacial score (nSPS) is 10.3. The molecule has 0 amide bonds. The summed E-state index contributed by atoms with van der Waals surface area (Å²) in [7, 11) is 0. The van der Waals surface area contributed by atoms with Gasteiger partial charge in [0.25, 0.3) is 0 Å². The zero-order chi connectivity index (χ0) is 13.1. The second-order valence-electron chi connectivity index (χ2n) is 4.14. The molecule has 4 heteroatoms. The van der Waals surface area contributed by atoms with Crippen LogP contribution in [0.5, 0.6) is 5.75 Å². The number of thiophene rings is 1. The van der Waals surface area contributed by atoms with E-state index in [0.717, 1.165) is 11.3 Å². The van der Waals surface area contributed by atoms with Gasteiger partial charge in [0, 0.05) is 5.56 Å². The summed E-state index contributed by atoms with van der Waals surface area (Å²) in [5.41, 5.74) is 2.95. The molecular weight excluding hydrogens is 248 g/mol. The van der Waals surface area contributed by atoms with Crippen LogP contribution in [-0.4, -0.2) is 11.1 Å². The number of aryl methyl sites for hydroxylation is 2. The molecule has 18 heavy (non-hydrogen) atoms. The Hall–Kier alpha value is -1.81. The van der Waals surface area contributed by atoms with Crippen molar-refractivity contribution in [1.29, 1.82) is 0 Å². The lowest BCUT2D eigenvalue weighted by molar-refractivity contribution is 0.0699. The van der Waals surface area contributed by atoms with Crippen molar-refractivity contribution in [2.24, 2.45) is 0 Å². The van der Waals surface area contributed by atoms with Crippen LogP contribution < -0.4 is 4.74 Å². The van der Waals surface area contributed by atoms with Crippen LogP contribution in [0.2, 0.25) is 0 Å². The molecule has 1 heterocycles. The summed E-state index contributed by atoms with van der Waals surface area (Å²) in [5.74, 6) is -0.104. The molecule has 0 unspecified atom stereocenters. The van der Waals surface area contributed by atoms with Crippen LogP contribution in [-0.2, 0) is 6.61 Å². The maximum absolute atomic E-state index is 11.0. The van der Waals surface area contributed by atoms with Crippen LogP contribution in [0.15, 0.2) is 29.6 Å². The highest BCUT2D eigenvalue weighted by Crippen LogP contribution is 2.22. The predicted octanol–water partition coefficient (Wildman–Crippen LogP) is 3.64. The monoisotopic (exact) mass is 262 g/mol. The van der Waals surface area contributed by atoms with E-state index in [9.17, 15) is 4.79 Å². The van der Waals surface area contributed by atoms with Gasteiger partial charge in [-0.05, 0) is 36.9 Å². The van der Waals surface area contributed by atoms with E-state index in [2.05, 4.69) is 0 Å². The van der Waals surface area contributed by atoms with Gasteiger partial charge in [-0.25, -0.2) is 4.79 Å². The predicted molar refractivity (Wildman–Crippen MR) is 71.5 cm³/mol. The summed E-state index contributed by atoms with van der Waals surface area (Å²) in [6.07, 6.45) is 0. The average Bonchev–Trinajstić information content (AvgIpc) is 2.76. The lowest BCUT2D eigenvalue weighted by atomic mass is 10.1. The summed E-state index contributed by atoms with van der Waals surface area (Å²) < 4.78 is 5.67. The second kappa shape index (κ2) is 5.23. The Morgan fingerprint density at radius 1 is 1.33 bits per heavy atom. The van der Waals surface area contributed by atoms with Crippen LogP contribution in [0.4, 0.5) is 0 Å². The number of carbonyl (C=O) groups is 1. The number of carboxylic acids is 1. The van der Waals surface area contributed by atoms with Crippen molar-refractivity contribution in [3.05, 3.63) is 51.2 Å². The molecule has 0 aliphatic heterocycles. The molecule has 0 atom stereocenters. The average molecular weight is 262 g/mol. The van der Waals surface area contributed by atoms with Crippen molar-refractivity contribution in [1.82, 2.24) is 0 Å². The fraction of sp³-hybridized carbons (Fsp3) is 0.214. The van der Waals surface area contributed by atoms with Gasteiger partial charge in [-0.2, -0.15) is 0 Å². The first-order valence-corrected chi connectivity index (χ1v) is 6.45. The SMILES string of the molecule is Cc1ccc(OCc2ccsc2C(=O)O)c(C)c1. The minimum absolute atomic E-state index is 0.287. The maximum Gasteiger partial charge on any atom is 0.346 e. The summed E-state index contributed by atoms with van der Waals surface area (Å²) in [6, 6.07) is 7.73. The second-order valence-corrected chi connectivity index (χ2v) is 5.05. The van der Waals surface area contributed by atoms with Crippen LogP contribution in [0, 0.1) is 13.8 Å². The van der Waals surface area contributed by atoms with E-state index in [1.807, 2.05) is 32.0 Å². The van der Waals surface area contributed by atoms with Crippen molar-refractivity contribution < 1.29 is 14.6 Å². The zero-order valence-corrected chi connectivity index (χ0v) is 11.1. The number of hydrogen-bond donors (Lipinski definition) is 1. The number of benzene rings is 1. The molecule has 0 saturated heterocycles. The molecule has 0 bridgehead atoms. The van der Waals surface area contributed by atoms with Crippen molar-refractivity contribution in [2.75, 3.05) is 0 Å². The zero-order valence-electron chi connectivity index (χ0n) is 10.3. The van der Waals surface area contributed by atoms with Gasteiger partial charge in [0.2, 0.25) is 0 Å². The molecule has 0 aliphatic carbocycles. The first-order valence-electron chi connectivity index (χ1n) is 5.57. The molecule has 0 spiro atoms. The number of hydrogen-bond acceptors (Lipinski definition) is 3. The van der Waals surface area contributed by atoms with Crippen LogP contribution in [0.3, 0.4) is 0 Å². The highest BCUT2D eigenvalue weighted by atomic mass is 32.1. The standard InChI is InChI=1S/C14H14O3S/c1-9-3-4-12(10(2)7-9)17-8-11-5-6-18-13(11)14(15)16/h3-7H,8H2,1-2H3,(H,15,16). The van der Waals surface area contributed by atoms with Gasteiger partial charge in [-0.15, -0.1) is 11.3 Å². The van der Waals surface area contributed by atoms with E-state index in [4.69, 9.17) is 9.84 Å². The highest BCUT2D eigenvalue weighted by molar-refractivity contribution is 7.12. The van der Waals surface area contributed by atoms with Crippen molar-refractivity contribution in [3.63, 3.8) is 0 Å². The largest absolute Gasteiger partial charge is 0.489 e. The molecule has 94 valence electrons. The Kier molecular flexibility index (Phi) is 3.67. The van der Waals surface area contributed by atoms with Gasteiger partial charge >= 0.3 is 5.97 Å². The van der Waals surface area contributed by atoms with Gasteiger partial charge in [0.1, 0.15) is 17.2 Å². The number of aromatic carboxylic acids is 1. The van der Waals surface area contributed by atoms with Gasteiger partial charge in [0.05, 0.1) is 0 Å². The quantitative estimate of drug-likeness (QED) is 0.915. The summed E-state index contributed by atoms with van der Waals surface area (Å²) >= 11 is 1.22. The number of carboxylic acid groups (broad SMARTS) is 1. The lowest BCUT2D eigenvalue weighted by Gasteiger charge is -2.09. The molecule has 3 nitrogen and oxygen atoms in total. The topological polar surface area (TPSA) is 46.5 Å². The smallest absolute Gasteiger partial charge is 0.346 e. The molecule has 2 rings (SSSR count). The Balaban J connectivity index is 2.11. The third kappa shape index (κ3) is 2.71. The Morgan fingerprint density at radius 2 is 2.11 bits per heavy atom. The summed E-state index contributed by atoms with van der Waals surface area (Å²) in [4.78, 5) is 11.3. The van der Waals surface area contributed by atoms with Crippen LogP contribution >= 0.6 is 11.3 Å². The summed E-state index contributed by atoms with van der Waals surface area (Å²) in [5, 5.41) is 10.8. The molecule has 1 N–H and O–H groups in total. The van der Waals surface area contributed by atoms with E-state index in [0.29, 0.717) is 10.4 Å². The van der Waals surface area contributed by atoms with E-state index >= 15 is 0 Å². The molecule has 1 aromatic carbocycles. The minimum Gasteiger partial charge on any atom is -0.489 e. The molecular formula is C14H14O3S. The van der Waals surface area contributed by atoms with Gasteiger partial charge in [0.15, 0.2) is 0 Å². The molecule has 0 radical (unpaired) electrons. The highest BCUT2D eigenvalue weighted by Gasteiger charge is 2.12. The number of rotatable bonds is 4. The first kappa shape index (κ1) is 12.6. The lowest BCUT2D eigenvalue weighted by Crippen LogP contribution is -2.02. The van der Waals surface area contributed by atoms with E-state index in [1.165, 1.54) is 16.9 Å². The maximum atomic E-state index is 11.0. The molecule has 1 aromatic heterocycles. The third-order valence-electron chi connectivity index (χ3n) is 2.65. The third-order valence-corrected chi connectivity index (χ3v) is 3.60. The Bertz CT molecular complexity index is 572. The molecule has 0 fully saturated rings. The number of ether oxygens (including phenoxy) is 1. The van der Waals surface area contributed by atoms with Crippen LogP contribution in [0.25, 0.3) is 0 Å². The van der Waals surface area contributed by atoms with E-state index in [1.54, 1.807) is 11.4 Å². The summed E-state index contributed by atoms with van der Waals surface area (Å²) in [6.45, 7) is 4.29. The first-order chi connectivity index (χ1) is 8.58. The van der Waals surface area contributed by atoms with E-state index < -0.39 is 5.97 Å². The van der Waals surface area contributed by atoms with Gasteiger partial charge < -0.3 is 9.84 Å². The van der Waals surface area contributed by atoms with Crippen LogP contribution in [0.1, 0.15) is 26.4 Å². The molecule has 2 aromatic rings. The Morgan fingerprint density at radius 3 is 2.78 bits per heavy atom.